The Bertz CT molecular complexity index is 838. The van der Waals surface area contributed by atoms with E-state index in [0.29, 0.717) is 42.9 Å². The van der Waals surface area contributed by atoms with Crippen LogP contribution in [-0.2, 0) is 16.1 Å². The van der Waals surface area contributed by atoms with E-state index in [1.54, 1.807) is 31.1 Å². The van der Waals surface area contributed by atoms with E-state index < -0.39 is 6.04 Å². The van der Waals surface area contributed by atoms with Gasteiger partial charge in [-0.25, -0.2) is 9.18 Å². The summed E-state index contributed by atoms with van der Waals surface area (Å²) in [6.45, 7) is 4.21. The number of hydrogen-bond donors (Lipinski definition) is 2. The normalized spacial score (nSPS) is 15.1. The summed E-state index contributed by atoms with van der Waals surface area (Å²) < 4.78 is 18.0. The van der Waals surface area contributed by atoms with Crippen LogP contribution < -0.4 is 15.5 Å². The van der Waals surface area contributed by atoms with Crippen LogP contribution in [0.4, 0.5) is 20.0 Å². The molecule has 1 aliphatic rings. The first kappa shape index (κ1) is 20.9. The number of aromatic nitrogens is 2. The summed E-state index contributed by atoms with van der Waals surface area (Å²) >= 11 is 1.22. The van der Waals surface area contributed by atoms with Gasteiger partial charge in [-0.3, -0.25) is 10.1 Å². The van der Waals surface area contributed by atoms with E-state index in [1.807, 2.05) is 0 Å². The molecular weight excluding hydrogens is 399 g/mol. The van der Waals surface area contributed by atoms with E-state index in [0.717, 1.165) is 5.69 Å². The maximum Gasteiger partial charge on any atom is 0.318 e. The van der Waals surface area contributed by atoms with Crippen molar-refractivity contribution >= 4 is 34.1 Å². The number of carbonyl (C=O) groups excluding carboxylic acids is 2. The van der Waals surface area contributed by atoms with Gasteiger partial charge in [-0.1, -0.05) is 11.3 Å². The first-order valence-electron chi connectivity index (χ1n) is 9.14. The number of anilines is 2. The number of rotatable bonds is 6. The highest BCUT2D eigenvalue weighted by atomic mass is 32.1. The molecule has 29 heavy (non-hydrogen) atoms. The molecule has 0 aliphatic carbocycles. The molecule has 1 atom stereocenters. The molecule has 1 aromatic heterocycles. The second-order valence-electron chi connectivity index (χ2n) is 6.54. The van der Waals surface area contributed by atoms with Crippen molar-refractivity contribution in [3.05, 3.63) is 35.1 Å². The minimum Gasteiger partial charge on any atom is -0.377 e. The average Bonchev–Trinajstić information content (AvgIpc) is 3.16. The van der Waals surface area contributed by atoms with Gasteiger partial charge in [-0.15, -0.1) is 10.2 Å². The lowest BCUT2D eigenvalue weighted by Crippen LogP contribution is -2.54. The topological polar surface area (TPSA) is 99.7 Å². The van der Waals surface area contributed by atoms with Gasteiger partial charge in [0.05, 0.1) is 0 Å². The molecule has 1 aliphatic heterocycles. The van der Waals surface area contributed by atoms with Crippen molar-refractivity contribution in [2.24, 2.45) is 0 Å². The van der Waals surface area contributed by atoms with Crippen molar-refractivity contribution in [1.82, 2.24) is 20.4 Å². The van der Waals surface area contributed by atoms with Crippen molar-refractivity contribution in [3.63, 3.8) is 0 Å². The number of nitrogens with zero attached hydrogens (tertiary/aromatic N) is 4. The number of amides is 3. The summed E-state index contributed by atoms with van der Waals surface area (Å²) in [7, 11) is 1.55. The molecule has 3 amide bonds. The molecule has 9 nitrogen and oxygen atoms in total. The number of halogens is 1. The number of hydrogen-bond acceptors (Lipinski definition) is 7. The number of carbonyl (C=O) groups is 2. The Hall–Kier alpha value is -2.79. The number of urea groups is 1. The highest BCUT2D eigenvalue weighted by Crippen LogP contribution is 2.17. The number of benzene rings is 1. The molecule has 156 valence electrons. The third-order valence-electron chi connectivity index (χ3n) is 4.46. The maximum atomic E-state index is 13.1. The van der Waals surface area contributed by atoms with E-state index in [2.05, 4.69) is 25.7 Å². The van der Waals surface area contributed by atoms with E-state index in [-0.39, 0.29) is 17.8 Å². The minimum atomic E-state index is -0.729. The average molecular weight is 422 g/mol. The number of piperazine rings is 1. The largest absolute Gasteiger partial charge is 0.377 e. The van der Waals surface area contributed by atoms with Gasteiger partial charge in [0.15, 0.2) is 0 Å². The summed E-state index contributed by atoms with van der Waals surface area (Å²) in [5.74, 6) is -0.647. The van der Waals surface area contributed by atoms with E-state index >= 15 is 0 Å². The van der Waals surface area contributed by atoms with Gasteiger partial charge < -0.3 is 19.9 Å². The Morgan fingerprint density at radius 3 is 2.55 bits per heavy atom. The Morgan fingerprint density at radius 2 is 1.90 bits per heavy atom. The monoisotopic (exact) mass is 422 g/mol. The molecule has 0 spiro atoms. The first-order valence-corrected chi connectivity index (χ1v) is 9.96. The quantitative estimate of drug-likeness (QED) is 0.735. The zero-order valence-corrected chi connectivity index (χ0v) is 17.0. The molecule has 1 fully saturated rings. The summed E-state index contributed by atoms with van der Waals surface area (Å²) in [4.78, 5) is 28.5. The maximum absolute atomic E-state index is 13.1. The fourth-order valence-corrected chi connectivity index (χ4v) is 3.58. The number of ether oxygens (including phenoxy) is 1. The molecule has 0 radical (unpaired) electrons. The summed E-state index contributed by atoms with van der Waals surface area (Å²) in [6, 6.07) is 5.26. The SMILES string of the molecule is COCc1nnc(NC(=O)[C@H](C)NC(=O)N2CCN(c3ccc(F)cc3)CC2)s1. The Balaban J connectivity index is 1.45. The molecule has 2 heterocycles. The van der Waals surface area contributed by atoms with Gasteiger partial charge in [0.1, 0.15) is 23.5 Å². The van der Waals surface area contributed by atoms with Gasteiger partial charge in [-0.2, -0.15) is 0 Å². The predicted molar refractivity (Wildman–Crippen MR) is 107 cm³/mol. The summed E-state index contributed by atoms with van der Waals surface area (Å²) in [6.07, 6.45) is 0. The van der Waals surface area contributed by atoms with Gasteiger partial charge in [0, 0.05) is 39.0 Å². The number of methoxy groups -OCH3 is 1. The highest BCUT2D eigenvalue weighted by Gasteiger charge is 2.24. The second kappa shape index (κ2) is 9.61. The van der Waals surface area contributed by atoms with Gasteiger partial charge >= 0.3 is 6.03 Å². The van der Waals surface area contributed by atoms with E-state index in [1.165, 1.54) is 23.5 Å². The van der Waals surface area contributed by atoms with Gasteiger partial charge in [-0.05, 0) is 31.2 Å². The molecule has 0 unspecified atom stereocenters. The van der Waals surface area contributed by atoms with Crippen LogP contribution in [0.3, 0.4) is 0 Å². The Labute approximate surface area is 171 Å². The van der Waals surface area contributed by atoms with Crippen molar-refractivity contribution in [3.8, 4) is 0 Å². The molecular formula is C18H23FN6O3S. The Kier molecular flexibility index (Phi) is 6.94. The standard InChI is InChI=1S/C18H23FN6O3S/c1-12(16(26)21-17-23-22-15(29-17)11-28-2)20-18(27)25-9-7-24(8-10-25)14-5-3-13(19)4-6-14/h3-6,12H,7-11H2,1-2H3,(H,20,27)(H,21,23,26)/t12-/m0/s1. The zero-order chi connectivity index (χ0) is 20.8. The fourth-order valence-electron chi connectivity index (χ4n) is 2.86. The van der Waals surface area contributed by atoms with E-state index in [9.17, 15) is 14.0 Å². The van der Waals surface area contributed by atoms with Crippen LogP contribution in [-0.4, -0.2) is 66.4 Å². The molecule has 1 aromatic carbocycles. The molecule has 3 rings (SSSR count). The molecule has 2 aromatic rings. The van der Waals surface area contributed by atoms with Crippen LogP contribution in [0.15, 0.2) is 24.3 Å². The van der Waals surface area contributed by atoms with Crippen LogP contribution in [0.25, 0.3) is 0 Å². The molecule has 11 heteroatoms. The lowest BCUT2D eigenvalue weighted by Gasteiger charge is -2.36. The summed E-state index contributed by atoms with van der Waals surface area (Å²) in [5, 5.41) is 14.1. The van der Waals surface area contributed by atoms with Crippen molar-refractivity contribution < 1.29 is 18.7 Å². The molecule has 0 bridgehead atoms. The summed E-state index contributed by atoms with van der Waals surface area (Å²) in [5.41, 5.74) is 0.920. The zero-order valence-electron chi connectivity index (χ0n) is 16.2. The van der Waals surface area contributed by atoms with Crippen molar-refractivity contribution in [2.45, 2.75) is 19.6 Å². The predicted octanol–water partition coefficient (Wildman–Crippen LogP) is 1.68. The lowest BCUT2D eigenvalue weighted by molar-refractivity contribution is -0.117. The number of nitrogens with one attached hydrogen (secondary N) is 2. The second-order valence-corrected chi connectivity index (χ2v) is 7.61. The lowest BCUT2D eigenvalue weighted by atomic mass is 10.2. The van der Waals surface area contributed by atoms with Gasteiger partial charge in [0.2, 0.25) is 11.0 Å². The minimum absolute atomic E-state index is 0.275. The van der Waals surface area contributed by atoms with Crippen LogP contribution in [0.1, 0.15) is 11.9 Å². The fraction of sp³-hybridized carbons (Fsp3) is 0.444. The van der Waals surface area contributed by atoms with Crippen molar-refractivity contribution in [1.29, 1.82) is 0 Å². The molecule has 2 N–H and O–H groups in total. The van der Waals surface area contributed by atoms with Gasteiger partial charge in [0.25, 0.3) is 0 Å². The van der Waals surface area contributed by atoms with Crippen LogP contribution in [0, 0.1) is 5.82 Å². The molecule has 1 saturated heterocycles. The van der Waals surface area contributed by atoms with Crippen LogP contribution in [0.5, 0.6) is 0 Å². The third kappa shape index (κ3) is 5.61. The first-order chi connectivity index (χ1) is 14.0. The van der Waals surface area contributed by atoms with Crippen molar-refractivity contribution in [2.75, 3.05) is 43.5 Å². The third-order valence-corrected chi connectivity index (χ3v) is 5.27. The van der Waals surface area contributed by atoms with E-state index in [4.69, 9.17) is 4.74 Å². The van der Waals surface area contributed by atoms with Crippen LogP contribution >= 0.6 is 11.3 Å². The smallest absolute Gasteiger partial charge is 0.318 e. The highest BCUT2D eigenvalue weighted by molar-refractivity contribution is 7.15. The Morgan fingerprint density at radius 1 is 1.21 bits per heavy atom. The molecule has 0 saturated carbocycles. The van der Waals surface area contributed by atoms with Crippen LogP contribution in [0.2, 0.25) is 0 Å².